The van der Waals surface area contributed by atoms with Crippen molar-refractivity contribution in [3.8, 4) is 0 Å². The number of anilines is 2. The van der Waals surface area contributed by atoms with Gasteiger partial charge in [0.1, 0.15) is 0 Å². The second kappa shape index (κ2) is 5.31. The van der Waals surface area contributed by atoms with E-state index < -0.39 is 0 Å². The monoisotopic (exact) mass is 253 g/mol. The third-order valence-corrected chi connectivity index (χ3v) is 3.63. The normalized spacial score (nSPS) is 16.4. The van der Waals surface area contributed by atoms with E-state index in [1.165, 1.54) is 17.5 Å². The maximum absolute atomic E-state index is 4.24. The van der Waals surface area contributed by atoms with Gasteiger partial charge in [-0.05, 0) is 30.5 Å². The molecular formula is C16H19N3. The van der Waals surface area contributed by atoms with Crippen LogP contribution in [0, 0.1) is 0 Å². The molecule has 0 fully saturated rings. The lowest BCUT2D eigenvalue weighted by atomic mass is 9.77. The summed E-state index contributed by atoms with van der Waals surface area (Å²) in [6, 6.07) is 10.8. The second-order valence-electron chi connectivity index (χ2n) is 4.97. The molecule has 98 valence electrons. The molecular weight excluding hydrogens is 234 g/mol. The standard InChI is InChI=1S/C16H19N3/c1-2-18-14-8-15(11-17-10-14)19-9-13-7-12-5-3-4-6-16(12)13/h3-6,8,10-11,13,18-19H,2,7,9H2,1H3. The summed E-state index contributed by atoms with van der Waals surface area (Å²) in [5, 5.41) is 6.76. The van der Waals surface area contributed by atoms with E-state index in [-0.39, 0.29) is 0 Å². The van der Waals surface area contributed by atoms with E-state index >= 15 is 0 Å². The van der Waals surface area contributed by atoms with Gasteiger partial charge in [-0.2, -0.15) is 0 Å². The van der Waals surface area contributed by atoms with E-state index in [1.54, 1.807) is 0 Å². The number of pyridine rings is 1. The Morgan fingerprint density at radius 1 is 1.16 bits per heavy atom. The van der Waals surface area contributed by atoms with Crippen LogP contribution in [0.3, 0.4) is 0 Å². The number of benzene rings is 1. The Balaban J connectivity index is 1.60. The first kappa shape index (κ1) is 12.0. The molecule has 2 N–H and O–H groups in total. The van der Waals surface area contributed by atoms with Crippen LogP contribution in [-0.2, 0) is 6.42 Å². The Morgan fingerprint density at radius 2 is 1.95 bits per heavy atom. The van der Waals surface area contributed by atoms with Gasteiger partial charge in [0, 0.05) is 19.0 Å². The Labute approximate surface area is 114 Å². The molecule has 3 heteroatoms. The Morgan fingerprint density at radius 3 is 2.74 bits per heavy atom. The largest absolute Gasteiger partial charge is 0.384 e. The first-order chi connectivity index (χ1) is 9.36. The molecule has 0 radical (unpaired) electrons. The molecule has 0 spiro atoms. The number of hydrogen-bond acceptors (Lipinski definition) is 3. The molecule has 1 unspecified atom stereocenters. The molecule has 19 heavy (non-hydrogen) atoms. The van der Waals surface area contributed by atoms with Crippen molar-refractivity contribution in [3.63, 3.8) is 0 Å². The highest BCUT2D eigenvalue weighted by Gasteiger charge is 2.24. The molecule has 1 atom stereocenters. The highest BCUT2D eigenvalue weighted by Crippen LogP contribution is 2.34. The molecule has 1 aliphatic rings. The fourth-order valence-electron chi connectivity index (χ4n) is 2.62. The van der Waals surface area contributed by atoms with E-state index in [9.17, 15) is 0 Å². The zero-order valence-corrected chi connectivity index (χ0v) is 11.2. The van der Waals surface area contributed by atoms with Crippen molar-refractivity contribution < 1.29 is 0 Å². The molecule has 3 rings (SSSR count). The van der Waals surface area contributed by atoms with E-state index in [4.69, 9.17) is 0 Å². The number of hydrogen-bond donors (Lipinski definition) is 2. The fraction of sp³-hybridized carbons (Fsp3) is 0.312. The van der Waals surface area contributed by atoms with Crippen molar-refractivity contribution in [2.24, 2.45) is 0 Å². The third kappa shape index (κ3) is 2.55. The van der Waals surface area contributed by atoms with Crippen LogP contribution < -0.4 is 10.6 Å². The number of nitrogens with zero attached hydrogens (tertiary/aromatic N) is 1. The van der Waals surface area contributed by atoms with Gasteiger partial charge in [0.05, 0.1) is 23.8 Å². The van der Waals surface area contributed by atoms with Gasteiger partial charge in [0.2, 0.25) is 0 Å². The zero-order valence-electron chi connectivity index (χ0n) is 11.2. The number of fused-ring (bicyclic) bond motifs is 1. The van der Waals surface area contributed by atoms with Gasteiger partial charge in [-0.25, -0.2) is 0 Å². The molecule has 0 saturated carbocycles. The molecule has 0 saturated heterocycles. The van der Waals surface area contributed by atoms with Crippen molar-refractivity contribution in [2.75, 3.05) is 23.7 Å². The van der Waals surface area contributed by atoms with Crippen LogP contribution >= 0.6 is 0 Å². The average Bonchev–Trinajstić information content (AvgIpc) is 2.41. The third-order valence-electron chi connectivity index (χ3n) is 3.63. The zero-order chi connectivity index (χ0) is 13.1. The van der Waals surface area contributed by atoms with Gasteiger partial charge in [-0.15, -0.1) is 0 Å². The first-order valence-corrected chi connectivity index (χ1v) is 6.87. The summed E-state index contributed by atoms with van der Waals surface area (Å²) in [6.07, 6.45) is 4.92. The van der Waals surface area contributed by atoms with Gasteiger partial charge in [0.25, 0.3) is 0 Å². The van der Waals surface area contributed by atoms with Gasteiger partial charge in [-0.3, -0.25) is 4.98 Å². The topological polar surface area (TPSA) is 37.0 Å². The summed E-state index contributed by atoms with van der Waals surface area (Å²) in [4.78, 5) is 4.24. The predicted molar refractivity (Wildman–Crippen MR) is 79.8 cm³/mol. The van der Waals surface area contributed by atoms with Gasteiger partial charge < -0.3 is 10.6 Å². The summed E-state index contributed by atoms with van der Waals surface area (Å²) in [7, 11) is 0. The molecule has 1 heterocycles. The Hall–Kier alpha value is -2.03. The lowest BCUT2D eigenvalue weighted by Gasteiger charge is -2.30. The molecule has 2 aromatic rings. The first-order valence-electron chi connectivity index (χ1n) is 6.87. The Bertz CT molecular complexity index is 565. The average molecular weight is 253 g/mol. The fourth-order valence-corrected chi connectivity index (χ4v) is 2.62. The lowest BCUT2D eigenvalue weighted by Crippen LogP contribution is -2.24. The van der Waals surface area contributed by atoms with Crippen molar-refractivity contribution >= 4 is 11.4 Å². The van der Waals surface area contributed by atoms with Crippen LogP contribution in [0.1, 0.15) is 24.0 Å². The SMILES string of the molecule is CCNc1cncc(NCC2Cc3ccccc32)c1. The molecule has 3 nitrogen and oxygen atoms in total. The van der Waals surface area contributed by atoms with Crippen molar-refractivity contribution in [3.05, 3.63) is 53.9 Å². The molecule has 1 aliphatic carbocycles. The summed E-state index contributed by atoms with van der Waals surface area (Å²) < 4.78 is 0. The predicted octanol–water partition coefficient (Wildman–Crippen LogP) is 3.27. The summed E-state index contributed by atoms with van der Waals surface area (Å²) in [5.41, 5.74) is 5.14. The molecule has 0 aliphatic heterocycles. The van der Waals surface area contributed by atoms with E-state index in [0.29, 0.717) is 5.92 Å². The second-order valence-corrected chi connectivity index (χ2v) is 4.97. The van der Waals surface area contributed by atoms with Crippen LogP contribution in [0.2, 0.25) is 0 Å². The number of rotatable bonds is 5. The Kier molecular flexibility index (Phi) is 3.36. The smallest absolute Gasteiger partial charge is 0.0547 e. The van der Waals surface area contributed by atoms with Crippen molar-refractivity contribution in [1.29, 1.82) is 0 Å². The van der Waals surface area contributed by atoms with Crippen LogP contribution in [0.15, 0.2) is 42.7 Å². The van der Waals surface area contributed by atoms with Gasteiger partial charge in [-0.1, -0.05) is 24.3 Å². The molecule has 0 amide bonds. The number of aromatic nitrogens is 1. The van der Waals surface area contributed by atoms with E-state index in [1.807, 2.05) is 12.4 Å². The maximum Gasteiger partial charge on any atom is 0.0547 e. The number of nitrogens with one attached hydrogen (secondary N) is 2. The van der Waals surface area contributed by atoms with Crippen LogP contribution in [0.5, 0.6) is 0 Å². The molecule has 0 bridgehead atoms. The van der Waals surface area contributed by atoms with Crippen molar-refractivity contribution in [2.45, 2.75) is 19.3 Å². The molecule has 1 aromatic carbocycles. The lowest BCUT2D eigenvalue weighted by molar-refractivity contribution is 0.635. The van der Waals surface area contributed by atoms with Gasteiger partial charge in [0.15, 0.2) is 0 Å². The highest BCUT2D eigenvalue weighted by atomic mass is 14.9. The summed E-state index contributed by atoms with van der Waals surface area (Å²) in [6.45, 7) is 3.99. The minimum absolute atomic E-state index is 0.638. The van der Waals surface area contributed by atoms with Crippen LogP contribution in [-0.4, -0.2) is 18.1 Å². The van der Waals surface area contributed by atoms with E-state index in [0.717, 1.165) is 24.5 Å². The maximum atomic E-state index is 4.24. The highest BCUT2D eigenvalue weighted by molar-refractivity contribution is 5.54. The molecule has 1 aromatic heterocycles. The minimum Gasteiger partial charge on any atom is -0.384 e. The minimum atomic E-state index is 0.638. The quantitative estimate of drug-likeness (QED) is 0.858. The summed E-state index contributed by atoms with van der Waals surface area (Å²) >= 11 is 0. The van der Waals surface area contributed by atoms with Crippen LogP contribution in [0.25, 0.3) is 0 Å². The van der Waals surface area contributed by atoms with E-state index in [2.05, 4.69) is 52.9 Å². The van der Waals surface area contributed by atoms with Crippen LogP contribution in [0.4, 0.5) is 11.4 Å². The summed E-state index contributed by atoms with van der Waals surface area (Å²) in [5.74, 6) is 0.638. The van der Waals surface area contributed by atoms with Gasteiger partial charge >= 0.3 is 0 Å². The van der Waals surface area contributed by atoms with Crippen molar-refractivity contribution in [1.82, 2.24) is 4.98 Å².